The van der Waals surface area contributed by atoms with Gasteiger partial charge in [0.15, 0.2) is 0 Å². The van der Waals surface area contributed by atoms with E-state index in [2.05, 4.69) is 41.0 Å². The van der Waals surface area contributed by atoms with Crippen molar-refractivity contribution in [3.8, 4) is 0 Å². The van der Waals surface area contributed by atoms with Crippen LogP contribution in [0.2, 0.25) is 0 Å². The predicted octanol–water partition coefficient (Wildman–Crippen LogP) is 3.92. The van der Waals surface area contributed by atoms with Crippen LogP contribution in [0.5, 0.6) is 0 Å². The second-order valence-electron chi connectivity index (χ2n) is 4.35. The van der Waals surface area contributed by atoms with Crippen molar-refractivity contribution in [3.63, 3.8) is 0 Å². The molecule has 0 fully saturated rings. The number of hydrogen-bond acceptors (Lipinski definition) is 0. The van der Waals surface area contributed by atoms with Gasteiger partial charge in [-0.15, -0.1) is 0 Å². The first-order valence-corrected chi connectivity index (χ1v) is 4.85. The van der Waals surface area contributed by atoms with E-state index in [1.807, 2.05) is 0 Å². The summed E-state index contributed by atoms with van der Waals surface area (Å²) in [6, 6.07) is 0. The van der Waals surface area contributed by atoms with E-state index >= 15 is 0 Å². The van der Waals surface area contributed by atoms with Crippen molar-refractivity contribution >= 4 is 0 Å². The van der Waals surface area contributed by atoms with E-state index < -0.39 is 0 Å². The normalized spacial score (nSPS) is 12.0. The van der Waals surface area contributed by atoms with Crippen LogP contribution in [0.1, 0.15) is 47.5 Å². The van der Waals surface area contributed by atoms with E-state index in [-0.39, 0.29) is 0 Å². The molecule has 0 aromatic heterocycles. The number of rotatable bonds is 5. The van der Waals surface area contributed by atoms with Crippen LogP contribution >= 0.6 is 0 Å². The third-order valence-electron chi connectivity index (χ3n) is 2.02. The van der Waals surface area contributed by atoms with Gasteiger partial charge >= 0.3 is 0 Å². The molecule has 0 heterocycles. The van der Waals surface area contributed by atoms with E-state index in [9.17, 15) is 0 Å². The summed E-state index contributed by atoms with van der Waals surface area (Å²) in [5.74, 6) is 2.53. The van der Waals surface area contributed by atoms with Crippen LogP contribution < -0.4 is 0 Å². The van der Waals surface area contributed by atoms with Crippen molar-refractivity contribution in [2.75, 3.05) is 0 Å². The predicted molar refractivity (Wildman–Crippen MR) is 52.4 cm³/mol. The molecule has 0 aromatic carbocycles. The Morgan fingerprint density at radius 1 is 0.909 bits per heavy atom. The molecule has 0 rings (SSSR count). The molecule has 0 unspecified atom stereocenters. The minimum absolute atomic E-state index is 0.843. The van der Waals surface area contributed by atoms with Crippen molar-refractivity contribution < 1.29 is 0 Å². The van der Waals surface area contributed by atoms with Crippen molar-refractivity contribution in [1.29, 1.82) is 0 Å². The zero-order valence-electron chi connectivity index (χ0n) is 8.72. The Balaban J connectivity index is 3.58. The van der Waals surface area contributed by atoms with Gasteiger partial charge in [-0.25, -0.2) is 0 Å². The van der Waals surface area contributed by atoms with Crippen LogP contribution in [0, 0.1) is 24.2 Å². The van der Waals surface area contributed by atoms with Crippen molar-refractivity contribution in [1.82, 2.24) is 0 Å². The lowest BCUT2D eigenvalue weighted by atomic mass is 9.88. The van der Waals surface area contributed by atoms with Crippen LogP contribution in [-0.4, -0.2) is 0 Å². The molecule has 0 amide bonds. The van der Waals surface area contributed by atoms with Crippen LogP contribution in [-0.2, 0) is 0 Å². The third kappa shape index (κ3) is 6.40. The first kappa shape index (κ1) is 11.0. The summed E-state index contributed by atoms with van der Waals surface area (Å²) in [6.07, 6.45) is 5.07. The molecule has 0 saturated carbocycles. The molecule has 0 N–H and O–H groups in total. The van der Waals surface area contributed by atoms with Crippen molar-refractivity contribution in [2.24, 2.45) is 17.8 Å². The molecule has 1 radical (unpaired) electrons. The zero-order chi connectivity index (χ0) is 8.85. The standard InChI is InChI=1S/C11H23/c1-6-11(7-9(2)3)8-10(4)5/h6,9-11H,7-8H2,1-5H3. The van der Waals surface area contributed by atoms with E-state index in [1.54, 1.807) is 0 Å². The zero-order valence-corrected chi connectivity index (χ0v) is 8.72. The summed E-state index contributed by atoms with van der Waals surface area (Å²) in [7, 11) is 0. The highest BCUT2D eigenvalue weighted by Gasteiger charge is 2.10. The third-order valence-corrected chi connectivity index (χ3v) is 2.02. The summed E-state index contributed by atoms with van der Waals surface area (Å²) in [4.78, 5) is 0. The molecule has 0 aromatic rings. The maximum Gasteiger partial charge on any atom is -0.0381 e. The summed E-state index contributed by atoms with van der Waals surface area (Å²) in [5, 5.41) is 0. The Morgan fingerprint density at radius 3 is 1.45 bits per heavy atom. The Hall–Kier alpha value is 0. The second kappa shape index (κ2) is 5.62. The van der Waals surface area contributed by atoms with Gasteiger partial charge in [0.1, 0.15) is 0 Å². The Labute approximate surface area is 72.4 Å². The van der Waals surface area contributed by atoms with Crippen molar-refractivity contribution in [2.45, 2.75) is 47.5 Å². The molecule has 0 bridgehead atoms. The van der Waals surface area contributed by atoms with Gasteiger partial charge in [0.2, 0.25) is 0 Å². The summed E-state index contributed by atoms with van der Waals surface area (Å²) in [5.41, 5.74) is 0. The van der Waals surface area contributed by atoms with Crippen LogP contribution in [0.25, 0.3) is 0 Å². The molecule has 0 saturated heterocycles. The van der Waals surface area contributed by atoms with Gasteiger partial charge in [-0.05, 0) is 37.0 Å². The van der Waals surface area contributed by atoms with Gasteiger partial charge in [-0.2, -0.15) is 0 Å². The number of hydrogen-bond donors (Lipinski definition) is 0. The highest BCUT2D eigenvalue weighted by molar-refractivity contribution is 4.73. The molecule has 0 aliphatic rings. The molecule has 67 valence electrons. The average Bonchev–Trinajstić information content (AvgIpc) is 1.84. The first-order valence-electron chi connectivity index (χ1n) is 4.85. The van der Waals surface area contributed by atoms with Crippen molar-refractivity contribution in [3.05, 3.63) is 6.42 Å². The van der Waals surface area contributed by atoms with Gasteiger partial charge in [0.05, 0.1) is 0 Å². The largest absolute Gasteiger partial charge is 0.0628 e. The fraction of sp³-hybridized carbons (Fsp3) is 0.909. The second-order valence-corrected chi connectivity index (χ2v) is 4.35. The lowest BCUT2D eigenvalue weighted by Gasteiger charge is -2.18. The van der Waals surface area contributed by atoms with Crippen LogP contribution in [0.15, 0.2) is 0 Å². The summed E-state index contributed by atoms with van der Waals surface area (Å²) < 4.78 is 0. The van der Waals surface area contributed by atoms with Gasteiger partial charge < -0.3 is 0 Å². The molecule has 0 aliphatic heterocycles. The van der Waals surface area contributed by atoms with Gasteiger partial charge in [-0.1, -0.05) is 34.6 Å². The van der Waals surface area contributed by atoms with Crippen LogP contribution in [0.4, 0.5) is 0 Å². The molecule has 0 spiro atoms. The maximum absolute atomic E-state index is 2.36. The van der Waals surface area contributed by atoms with Gasteiger partial charge in [-0.3, -0.25) is 0 Å². The molecule has 11 heavy (non-hydrogen) atoms. The quantitative estimate of drug-likeness (QED) is 0.564. The summed E-state index contributed by atoms with van der Waals surface area (Å²) in [6.45, 7) is 11.4. The van der Waals surface area contributed by atoms with Gasteiger partial charge in [0.25, 0.3) is 0 Å². The fourth-order valence-corrected chi connectivity index (χ4v) is 1.58. The molecule has 0 heteroatoms. The topological polar surface area (TPSA) is 0 Å². The van der Waals surface area contributed by atoms with E-state index in [1.165, 1.54) is 12.8 Å². The monoisotopic (exact) mass is 155 g/mol. The molecular formula is C11H23. The highest BCUT2D eigenvalue weighted by atomic mass is 14.2. The van der Waals surface area contributed by atoms with E-state index in [0.717, 1.165) is 17.8 Å². The average molecular weight is 155 g/mol. The molecule has 0 aliphatic carbocycles. The SMILES string of the molecule is C[CH]C(CC(C)C)CC(C)C. The van der Waals surface area contributed by atoms with E-state index in [4.69, 9.17) is 0 Å². The molecule has 0 atom stereocenters. The lowest BCUT2D eigenvalue weighted by molar-refractivity contribution is 0.381. The molecule has 0 nitrogen and oxygen atoms in total. The van der Waals surface area contributed by atoms with Crippen LogP contribution in [0.3, 0.4) is 0 Å². The maximum atomic E-state index is 2.36. The lowest BCUT2D eigenvalue weighted by Crippen LogP contribution is -2.07. The Bertz CT molecular complexity index is 72.0. The Morgan fingerprint density at radius 2 is 1.27 bits per heavy atom. The fourth-order valence-electron chi connectivity index (χ4n) is 1.58. The molecular weight excluding hydrogens is 132 g/mol. The minimum atomic E-state index is 0.843. The van der Waals surface area contributed by atoms with Gasteiger partial charge in [0, 0.05) is 0 Å². The highest BCUT2D eigenvalue weighted by Crippen LogP contribution is 2.21. The summed E-state index contributed by atoms with van der Waals surface area (Å²) >= 11 is 0. The Kier molecular flexibility index (Phi) is 5.62. The first-order chi connectivity index (χ1) is 5.06. The minimum Gasteiger partial charge on any atom is -0.0628 e. The van der Waals surface area contributed by atoms with E-state index in [0.29, 0.717) is 0 Å². The smallest absolute Gasteiger partial charge is 0.0381 e.